The van der Waals surface area contributed by atoms with Crippen molar-refractivity contribution < 1.29 is 9.90 Å². The van der Waals surface area contributed by atoms with E-state index < -0.39 is 11.5 Å². The number of halogens is 1. The van der Waals surface area contributed by atoms with E-state index >= 15 is 0 Å². The summed E-state index contributed by atoms with van der Waals surface area (Å²) in [7, 11) is 0. The molecule has 0 saturated heterocycles. The summed E-state index contributed by atoms with van der Waals surface area (Å²) >= 11 is 3.41. The summed E-state index contributed by atoms with van der Waals surface area (Å²) in [5.74, 6) is -0.600. The van der Waals surface area contributed by atoms with Gasteiger partial charge in [-0.05, 0) is 37.0 Å². The normalized spacial score (nSPS) is 27.8. The topological polar surface area (TPSA) is 49.3 Å². The van der Waals surface area contributed by atoms with E-state index in [1.807, 2.05) is 31.2 Å². The molecule has 0 spiro atoms. The van der Waals surface area contributed by atoms with E-state index in [1.54, 1.807) is 0 Å². The Morgan fingerprint density at radius 3 is 2.89 bits per heavy atom. The Kier molecular flexibility index (Phi) is 3.95. The van der Waals surface area contributed by atoms with Crippen LogP contribution in [0.2, 0.25) is 0 Å². The molecule has 0 bridgehead atoms. The minimum Gasteiger partial charge on any atom is -0.479 e. The van der Waals surface area contributed by atoms with Gasteiger partial charge in [-0.3, -0.25) is 0 Å². The first-order valence-electron chi connectivity index (χ1n) is 6.32. The number of hydrogen-bond acceptors (Lipinski definition) is 2. The zero-order valence-electron chi connectivity index (χ0n) is 10.4. The first-order valence-corrected chi connectivity index (χ1v) is 7.11. The van der Waals surface area contributed by atoms with Gasteiger partial charge in [0.15, 0.2) is 0 Å². The Balaban J connectivity index is 2.28. The van der Waals surface area contributed by atoms with Gasteiger partial charge >= 0.3 is 5.97 Å². The number of rotatable bonds is 3. The second-order valence-electron chi connectivity index (χ2n) is 5.06. The molecule has 0 amide bonds. The molecule has 1 aromatic carbocycles. The maximum Gasteiger partial charge on any atom is 0.329 e. The molecule has 0 aromatic heterocycles. The lowest BCUT2D eigenvalue weighted by molar-refractivity contribution is -0.145. The van der Waals surface area contributed by atoms with Gasteiger partial charge in [0.05, 0.1) is 0 Å². The van der Waals surface area contributed by atoms with Gasteiger partial charge in [-0.25, -0.2) is 4.79 Å². The van der Waals surface area contributed by atoms with Crippen molar-refractivity contribution >= 4 is 27.6 Å². The largest absolute Gasteiger partial charge is 0.479 e. The first kappa shape index (κ1) is 13.4. The SMILES string of the molecule is CC1CCCCC1(Nc1cccc(Br)c1)C(=O)O. The highest BCUT2D eigenvalue weighted by Crippen LogP contribution is 2.37. The molecular weight excluding hydrogens is 294 g/mol. The lowest BCUT2D eigenvalue weighted by Gasteiger charge is -2.40. The quantitative estimate of drug-likeness (QED) is 0.890. The summed E-state index contributed by atoms with van der Waals surface area (Å²) in [5.41, 5.74) is 0.0412. The fourth-order valence-corrected chi connectivity index (χ4v) is 3.13. The predicted octanol–water partition coefficient (Wildman–Crippen LogP) is 3.89. The molecule has 2 N–H and O–H groups in total. The maximum atomic E-state index is 11.7. The number of nitrogens with one attached hydrogen (secondary N) is 1. The number of benzene rings is 1. The van der Waals surface area contributed by atoms with Crippen molar-refractivity contribution in [3.63, 3.8) is 0 Å². The summed E-state index contributed by atoms with van der Waals surface area (Å²) in [5, 5.41) is 12.9. The van der Waals surface area contributed by atoms with Gasteiger partial charge in [-0.1, -0.05) is 41.8 Å². The van der Waals surface area contributed by atoms with Crippen LogP contribution >= 0.6 is 15.9 Å². The first-order chi connectivity index (χ1) is 8.54. The van der Waals surface area contributed by atoms with E-state index in [2.05, 4.69) is 21.2 Å². The molecule has 18 heavy (non-hydrogen) atoms. The van der Waals surface area contributed by atoms with E-state index in [1.165, 1.54) is 0 Å². The Labute approximate surface area is 116 Å². The number of hydrogen-bond donors (Lipinski definition) is 2. The molecule has 2 unspecified atom stereocenters. The van der Waals surface area contributed by atoms with Crippen LogP contribution in [0.25, 0.3) is 0 Å². The fourth-order valence-electron chi connectivity index (χ4n) is 2.73. The van der Waals surface area contributed by atoms with Crippen LogP contribution in [0.1, 0.15) is 32.6 Å². The van der Waals surface area contributed by atoms with Crippen molar-refractivity contribution in [1.82, 2.24) is 0 Å². The minimum absolute atomic E-state index is 0.141. The Hall–Kier alpha value is -1.03. The molecule has 2 rings (SSSR count). The Morgan fingerprint density at radius 1 is 1.50 bits per heavy atom. The average Bonchev–Trinajstić information content (AvgIpc) is 2.32. The lowest BCUT2D eigenvalue weighted by atomic mass is 9.73. The number of carbonyl (C=O) groups is 1. The van der Waals surface area contributed by atoms with Gasteiger partial charge in [0.1, 0.15) is 5.54 Å². The van der Waals surface area contributed by atoms with Crippen molar-refractivity contribution in [2.24, 2.45) is 5.92 Å². The van der Waals surface area contributed by atoms with Crippen molar-refractivity contribution in [2.45, 2.75) is 38.1 Å². The number of carboxylic acids is 1. The highest BCUT2D eigenvalue weighted by molar-refractivity contribution is 9.10. The molecule has 0 radical (unpaired) electrons. The summed E-state index contributed by atoms with van der Waals surface area (Å²) in [6.45, 7) is 2.03. The Bertz CT molecular complexity index is 449. The molecule has 0 aliphatic heterocycles. The van der Waals surface area contributed by atoms with Crippen molar-refractivity contribution in [3.05, 3.63) is 28.7 Å². The number of aliphatic carboxylic acids is 1. The van der Waals surface area contributed by atoms with Crippen molar-refractivity contribution in [1.29, 1.82) is 0 Å². The van der Waals surface area contributed by atoms with Crippen LogP contribution in [-0.2, 0) is 4.79 Å². The molecular formula is C14H18BrNO2. The molecule has 1 aromatic rings. The van der Waals surface area contributed by atoms with Crippen LogP contribution in [-0.4, -0.2) is 16.6 Å². The monoisotopic (exact) mass is 311 g/mol. The van der Waals surface area contributed by atoms with Gasteiger partial charge in [0.2, 0.25) is 0 Å². The third-order valence-electron chi connectivity index (χ3n) is 3.87. The minimum atomic E-state index is -0.820. The smallest absolute Gasteiger partial charge is 0.329 e. The summed E-state index contributed by atoms with van der Waals surface area (Å²) in [6, 6.07) is 7.68. The van der Waals surface area contributed by atoms with Crippen LogP contribution < -0.4 is 5.32 Å². The van der Waals surface area contributed by atoms with Gasteiger partial charge in [-0.2, -0.15) is 0 Å². The number of anilines is 1. The van der Waals surface area contributed by atoms with E-state index in [0.717, 1.165) is 29.4 Å². The van der Waals surface area contributed by atoms with E-state index in [4.69, 9.17) is 0 Å². The maximum absolute atomic E-state index is 11.7. The molecule has 3 nitrogen and oxygen atoms in total. The molecule has 1 aliphatic rings. The van der Waals surface area contributed by atoms with Crippen LogP contribution in [0.4, 0.5) is 5.69 Å². The van der Waals surface area contributed by atoms with Crippen LogP contribution in [0.3, 0.4) is 0 Å². The summed E-state index contributed by atoms with van der Waals surface area (Å²) in [4.78, 5) is 11.7. The molecule has 0 heterocycles. The standard InChI is InChI=1S/C14H18BrNO2/c1-10-5-2-3-8-14(10,13(17)18)16-12-7-4-6-11(15)9-12/h4,6-7,9-10,16H,2-3,5,8H2,1H3,(H,17,18). The third-order valence-corrected chi connectivity index (χ3v) is 4.37. The van der Waals surface area contributed by atoms with Crippen molar-refractivity contribution in [2.75, 3.05) is 5.32 Å². The predicted molar refractivity (Wildman–Crippen MR) is 75.8 cm³/mol. The van der Waals surface area contributed by atoms with Gasteiger partial charge in [0, 0.05) is 10.2 Å². The van der Waals surface area contributed by atoms with Gasteiger partial charge < -0.3 is 10.4 Å². The van der Waals surface area contributed by atoms with Gasteiger partial charge in [0.25, 0.3) is 0 Å². The molecule has 1 aliphatic carbocycles. The summed E-state index contributed by atoms with van der Waals surface area (Å²) in [6.07, 6.45) is 3.75. The number of carboxylic acid groups (broad SMARTS) is 1. The highest BCUT2D eigenvalue weighted by atomic mass is 79.9. The van der Waals surface area contributed by atoms with Crippen molar-refractivity contribution in [3.8, 4) is 0 Å². The molecule has 4 heteroatoms. The van der Waals surface area contributed by atoms with Gasteiger partial charge in [-0.15, -0.1) is 0 Å². The molecule has 1 fully saturated rings. The van der Waals surface area contributed by atoms with E-state index in [9.17, 15) is 9.90 Å². The average molecular weight is 312 g/mol. The molecule has 98 valence electrons. The second kappa shape index (κ2) is 5.31. The fraction of sp³-hybridized carbons (Fsp3) is 0.500. The third kappa shape index (κ3) is 2.53. The van der Waals surface area contributed by atoms with E-state index in [-0.39, 0.29) is 5.92 Å². The van der Waals surface area contributed by atoms with Crippen LogP contribution in [0.15, 0.2) is 28.7 Å². The Morgan fingerprint density at radius 2 is 2.28 bits per heavy atom. The molecule has 2 atom stereocenters. The summed E-state index contributed by atoms with van der Waals surface area (Å²) < 4.78 is 0.955. The highest BCUT2D eigenvalue weighted by Gasteiger charge is 2.45. The van der Waals surface area contributed by atoms with E-state index in [0.29, 0.717) is 6.42 Å². The van der Waals surface area contributed by atoms with Crippen LogP contribution in [0, 0.1) is 5.92 Å². The zero-order valence-corrected chi connectivity index (χ0v) is 12.0. The van der Waals surface area contributed by atoms with Crippen LogP contribution in [0.5, 0.6) is 0 Å². The molecule has 1 saturated carbocycles. The lowest BCUT2D eigenvalue weighted by Crippen LogP contribution is -2.53. The zero-order chi connectivity index (χ0) is 13.2. The second-order valence-corrected chi connectivity index (χ2v) is 5.97.